The van der Waals surface area contributed by atoms with Crippen molar-refractivity contribution in [3.63, 3.8) is 0 Å². The zero-order valence-corrected chi connectivity index (χ0v) is 20.9. The van der Waals surface area contributed by atoms with Crippen molar-refractivity contribution in [1.82, 2.24) is 0 Å². The third-order valence-electron chi connectivity index (χ3n) is 5.21. The van der Waals surface area contributed by atoms with Crippen LogP contribution in [0.5, 0.6) is 11.5 Å². The lowest BCUT2D eigenvalue weighted by Gasteiger charge is -2.19. The first-order valence-electron chi connectivity index (χ1n) is 11.4. The molecule has 2 aromatic rings. The maximum Gasteiger partial charge on any atom is 0.301 e. The van der Waals surface area contributed by atoms with Crippen molar-refractivity contribution in [1.29, 1.82) is 0 Å². The first-order chi connectivity index (χ1) is 15.7. The lowest BCUT2D eigenvalue weighted by molar-refractivity contribution is 0.182. The van der Waals surface area contributed by atoms with Gasteiger partial charge in [0.1, 0.15) is 16.4 Å². The third kappa shape index (κ3) is 9.08. The van der Waals surface area contributed by atoms with Gasteiger partial charge in [0.05, 0.1) is 11.0 Å². The van der Waals surface area contributed by atoms with Crippen LogP contribution in [-0.2, 0) is 24.4 Å². The molecule has 1 N–H and O–H groups in total. The van der Waals surface area contributed by atoms with E-state index >= 15 is 0 Å². The van der Waals surface area contributed by atoms with Gasteiger partial charge in [0.25, 0.3) is 10.1 Å². The highest BCUT2D eigenvalue weighted by Gasteiger charge is 2.27. The molecule has 0 aliphatic rings. The first kappa shape index (κ1) is 27.3. The zero-order chi connectivity index (χ0) is 24.3. The van der Waals surface area contributed by atoms with Gasteiger partial charge in [-0.1, -0.05) is 77.0 Å². The SMILES string of the molecule is CCCCCCCCC(CCC)OS(=O)(=O)c1cc(S(=O)(=O)O)ccc1Oc1ccccc1. The smallest absolute Gasteiger partial charge is 0.301 e. The summed E-state index contributed by atoms with van der Waals surface area (Å²) in [7, 11) is -8.98. The summed E-state index contributed by atoms with van der Waals surface area (Å²) >= 11 is 0. The highest BCUT2D eigenvalue weighted by molar-refractivity contribution is 7.87. The molecule has 0 heterocycles. The van der Waals surface area contributed by atoms with E-state index in [0.717, 1.165) is 50.7 Å². The van der Waals surface area contributed by atoms with E-state index in [-0.39, 0.29) is 5.75 Å². The Bertz CT molecular complexity index is 1070. The summed E-state index contributed by atoms with van der Waals surface area (Å²) in [6.07, 6.45) is 7.84. The summed E-state index contributed by atoms with van der Waals surface area (Å²) in [6.45, 7) is 4.11. The minimum atomic E-state index is -4.61. The molecule has 0 radical (unpaired) electrons. The number of para-hydroxylation sites is 1. The van der Waals surface area contributed by atoms with Crippen molar-refractivity contribution in [3.05, 3.63) is 48.5 Å². The molecular formula is C24H34O7S2. The molecule has 0 bridgehead atoms. The van der Waals surface area contributed by atoms with Gasteiger partial charge in [-0.2, -0.15) is 16.8 Å². The van der Waals surface area contributed by atoms with Crippen molar-refractivity contribution in [2.24, 2.45) is 0 Å². The molecule has 0 aliphatic carbocycles. The Morgan fingerprint density at radius 2 is 1.48 bits per heavy atom. The zero-order valence-electron chi connectivity index (χ0n) is 19.3. The van der Waals surface area contributed by atoms with Crippen molar-refractivity contribution < 1.29 is 30.3 Å². The summed E-state index contributed by atoms with van der Waals surface area (Å²) in [5.41, 5.74) is 0. The van der Waals surface area contributed by atoms with Crippen LogP contribution in [0, 0.1) is 0 Å². The second-order valence-corrected chi connectivity index (χ2v) is 11.0. The quantitative estimate of drug-likeness (QED) is 0.173. The molecule has 184 valence electrons. The fourth-order valence-corrected chi connectivity index (χ4v) is 5.35. The predicted molar refractivity (Wildman–Crippen MR) is 128 cm³/mol. The van der Waals surface area contributed by atoms with E-state index < -0.39 is 36.1 Å². The number of unbranched alkanes of at least 4 members (excludes halogenated alkanes) is 5. The second-order valence-electron chi connectivity index (χ2n) is 8.02. The Morgan fingerprint density at radius 1 is 0.818 bits per heavy atom. The van der Waals surface area contributed by atoms with E-state index in [2.05, 4.69) is 6.92 Å². The van der Waals surface area contributed by atoms with Crippen LogP contribution in [-0.4, -0.2) is 27.5 Å². The van der Waals surface area contributed by atoms with Crippen LogP contribution in [0.15, 0.2) is 58.3 Å². The average Bonchev–Trinajstić information content (AvgIpc) is 2.76. The summed E-state index contributed by atoms with van der Waals surface area (Å²) < 4.78 is 70.4. The van der Waals surface area contributed by atoms with Crippen molar-refractivity contribution in [3.8, 4) is 11.5 Å². The van der Waals surface area contributed by atoms with Gasteiger partial charge in [0.15, 0.2) is 0 Å². The molecule has 0 aromatic heterocycles. The van der Waals surface area contributed by atoms with Gasteiger partial charge in [-0.15, -0.1) is 0 Å². The molecule has 1 unspecified atom stereocenters. The molecule has 0 aliphatic heterocycles. The lowest BCUT2D eigenvalue weighted by Crippen LogP contribution is -2.19. The van der Waals surface area contributed by atoms with Gasteiger partial charge in [-0.3, -0.25) is 8.74 Å². The molecule has 0 saturated heterocycles. The molecule has 0 spiro atoms. The Hall–Kier alpha value is -1.94. The average molecular weight is 499 g/mol. The lowest BCUT2D eigenvalue weighted by atomic mass is 10.0. The number of ether oxygens (including phenoxy) is 1. The van der Waals surface area contributed by atoms with Crippen molar-refractivity contribution in [2.45, 2.75) is 87.5 Å². The van der Waals surface area contributed by atoms with Gasteiger partial charge >= 0.3 is 10.1 Å². The number of rotatable bonds is 15. The Labute approximate surface area is 198 Å². The second kappa shape index (κ2) is 13.1. The fourth-order valence-electron chi connectivity index (χ4n) is 3.49. The van der Waals surface area contributed by atoms with Crippen LogP contribution in [0.4, 0.5) is 0 Å². The Morgan fingerprint density at radius 3 is 2.12 bits per heavy atom. The van der Waals surface area contributed by atoms with Gasteiger partial charge in [0.2, 0.25) is 0 Å². The number of hydrogen-bond donors (Lipinski definition) is 1. The van der Waals surface area contributed by atoms with Gasteiger partial charge in [-0.25, -0.2) is 0 Å². The number of benzene rings is 2. The molecule has 33 heavy (non-hydrogen) atoms. The fraction of sp³-hybridized carbons (Fsp3) is 0.500. The third-order valence-corrected chi connectivity index (χ3v) is 7.44. The van der Waals surface area contributed by atoms with Crippen LogP contribution >= 0.6 is 0 Å². The maximum absolute atomic E-state index is 13.2. The summed E-state index contributed by atoms with van der Waals surface area (Å²) in [6, 6.07) is 11.7. The van der Waals surface area contributed by atoms with E-state index in [1.54, 1.807) is 30.3 Å². The normalized spacial score (nSPS) is 13.1. The molecule has 0 amide bonds. The molecule has 0 saturated carbocycles. The molecule has 2 aromatic carbocycles. The van der Waals surface area contributed by atoms with Crippen LogP contribution in [0.2, 0.25) is 0 Å². The molecule has 9 heteroatoms. The van der Waals surface area contributed by atoms with Crippen LogP contribution in [0.3, 0.4) is 0 Å². The van der Waals surface area contributed by atoms with Gasteiger partial charge < -0.3 is 4.74 Å². The van der Waals surface area contributed by atoms with E-state index in [4.69, 9.17) is 8.92 Å². The van der Waals surface area contributed by atoms with E-state index in [1.165, 1.54) is 12.5 Å². The summed E-state index contributed by atoms with van der Waals surface area (Å²) in [5, 5.41) is 0. The summed E-state index contributed by atoms with van der Waals surface area (Å²) in [5.74, 6) is 0.300. The monoisotopic (exact) mass is 498 g/mol. The molecule has 7 nitrogen and oxygen atoms in total. The van der Waals surface area contributed by atoms with Crippen LogP contribution < -0.4 is 4.74 Å². The topological polar surface area (TPSA) is 107 Å². The van der Waals surface area contributed by atoms with Crippen molar-refractivity contribution >= 4 is 20.2 Å². The highest BCUT2D eigenvalue weighted by atomic mass is 32.2. The molecular weight excluding hydrogens is 464 g/mol. The van der Waals surface area contributed by atoms with E-state index in [1.807, 2.05) is 6.92 Å². The van der Waals surface area contributed by atoms with Gasteiger partial charge in [-0.05, 0) is 43.2 Å². The van der Waals surface area contributed by atoms with E-state index in [0.29, 0.717) is 18.6 Å². The van der Waals surface area contributed by atoms with E-state index in [9.17, 15) is 21.4 Å². The predicted octanol–water partition coefficient (Wildman–Crippen LogP) is 6.35. The number of hydrogen-bond acceptors (Lipinski definition) is 6. The van der Waals surface area contributed by atoms with Crippen LogP contribution in [0.25, 0.3) is 0 Å². The standard InChI is InChI=1S/C24H34O7S2/c1-3-5-6-7-8-10-16-21(13-4-2)31-33(28,29)24-19-22(32(25,26)27)17-18-23(24)30-20-14-11-9-12-15-20/h9,11-12,14-15,17-19,21H,3-8,10,13,16H2,1-2H3,(H,25,26,27). The minimum absolute atomic E-state index is 0.0802. The Kier molecular flexibility index (Phi) is 10.8. The van der Waals surface area contributed by atoms with Crippen LogP contribution in [0.1, 0.15) is 71.6 Å². The first-order valence-corrected chi connectivity index (χ1v) is 14.3. The maximum atomic E-state index is 13.2. The molecule has 2 rings (SSSR count). The Balaban J connectivity index is 2.27. The molecule has 1 atom stereocenters. The summed E-state index contributed by atoms with van der Waals surface area (Å²) in [4.78, 5) is -0.987. The van der Waals surface area contributed by atoms with Crippen molar-refractivity contribution in [2.75, 3.05) is 0 Å². The largest absolute Gasteiger partial charge is 0.456 e. The highest BCUT2D eigenvalue weighted by Crippen LogP contribution is 2.33. The van der Waals surface area contributed by atoms with Gasteiger partial charge in [0, 0.05) is 0 Å². The minimum Gasteiger partial charge on any atom is -0.456 e. The molecule has 0 fully saturated rings.